The molecule has 0 unspecified atom stereocenters. The second-order valence-corrected chi connectivity index (χ2v) is 12.6. The number of hydrogen-bond acceptors (Lipinski definition) is 6. The molecule has 236 valence electrons. The molecule has 3 aromatic rings. The Bertz CT molecular complexity index is 1730. The third-order valence-electron chi connectivity index (χ3n) is 9.63. The van der Waals surface area contributed by atoms with Gasteiger partial charge in [0, 0.05) is 23.2 Å². The maximum Gasteiger partial charge on any atom is 0.248 e. The van der Waals surface area contributed by atoms with Crippen LogP contribution in [-0.2, 0) is 23.1 Å². The van der Waals surface area contributed by atoms with Gasteiger partial charge in [0.2, 0.25) is 17.7 Å². The Labute approximate surface area is 266 Å². The monoisotopic (exact) mass is 621 g/mol. The first-order chi connectivity index (χ1) is 22.0. The van der Waals surface area contributed by atoms with Crippen LogP contribution in [0, 0.1) is 23.1 Å². The van der Waals surface area contributed by atoms with Crippen LogP contribution in [0.1, 0.15) is 69.2 Å². The van der Waals surface area contributed by atoms with Gasteiger partial charge in [-0.25, -0.2) is 9.38 Å². The number of hydrogen-bond donors (Lipinski definition) is 4. The van der Waals surface area contributed by atoms with Crippen molar-refractivity contribution in [2.75, 3.05) is 6.54 Å². The lowest BCUT2D eigenvalue weighted by Crippen LogP contribution is -2.49. The van der Waals surface area contributed by atoms with Crippen LogP contribution < -0.4 is 22.5 Å². The van der Waals surface area contributed by atoms with Gasteiger partial charge in [0.25, 0.3) is 0 Å². The molecule has 10 nitrogen and oxygen atoms in total. The standard InChI is InChI=1S/C35H36FN7O3/c1-19(41-18-31(44)43-27(17-37)14-24-15-30(24)43)16-35(34(40)42-26-8-6-25(36)7-9-26)28-10-4-22(32(38)45)12-20(28)2-3-21-13-23(33(39)46)5-11-29(21)35/h4-13,19,24,27,30,41H,2-3,14-16,18H2,1H3,(H2,38,45)(H2,39,46)(H2,40,42)/t19-,24-,27+,30+/m1/s1. The van der Waals surface area contributed by atoms with Crippen molar-refractivity contribution in [1.29, 1.82) is 5.26 Å². The van der Waals surface area contributed by atoms with E-state index in [-0.39, 0.29) is 30.4 Å². The first kappa shape index (κ1) is 30.9. The Kier molecular flexibility index (Phi) is 8.08. The smallest absolute Gasteiger partial charge is 0.248 e. The average Bonchev–Trinajstić information content (AvgIpc) is 3.73. The van der Waals surface area contributed by atoms with E-state index in [0.717, 1.165) is 35.1 Å². The SMILES string of the molecule is C[C@H](CC1(C(N)=Nc2ccc(F)cc2)c2ccc(C(N)=O)cc2CCc2cc(C(N)=O)ccc21)NCC(=O)N1[C@H](C#N)C[C@@H]2C[C@@H]21. The van der Waals surface area contributed by atoms with Crippen molar-refractivity contribution in [2.45, 2.75) is 62.6 Å². The number of nitrogens with zero attached hydrogens (tertiary/aromatic N) is 3. The summed E-state index contributed by atoms with van der Waals surface area (Å²) in [5, 5.41) is 13.0. The van der Waals surface area contributed by atoms with Crippen LogP contribution in [0.5, 0.6) is 0 Å². The van der Waals surface area contributed by atoms with Crippen LogP contribution in [0.2, 0.25) is 0 Å². The number of benzene rings is 3. The van der Waals surface area contributed by atoms with E-state index in [1.54, 1.807) is 29.2 Å². The first-order valence-electron chi connectivity index (χ1n) is 15.4. The Hall–Kier alpha value is -5.08. The number of likely N-dealkylation sites (tertiary alicyclic amines) is 1. The molecule has 46 heavy (non-hydrogen) atoms. The maximum absolute atomic E-state index is 13.8. The second kappa shape index (κ2) is 12.0. The summed E-state index contributed by atoms with van der Waals surface area (Å²) in [6, 6.07) is 17.9. The number of aliphatic imine (C=N–C) groups is 1. The van der Waals surface area contributed by atoms with Crippen molar-refractivity contribution in [3.8, 4) is 6.07 Å². The predicted octanol–water partition coefficient (Wildman–Crippen LogP) is 2.98. The molecule has 3 amide bonds. The number of nitriles is 1. The van der Waals surface area contributed by atoms with Gasteiger partial charge in [-0.05, 0) is 116 Å². The zero-order chi connectivity index (χ0) is 32.7. The summed E-state index contributed by atoms with van der Waals surface area (Å²) in [4.78, 5) is 44.3. The number of nitrogens with one attached hydrogen (secondary N) is 1. The molecule has 3 aliphatic rings. The Morgan fingerprint density at radius 1 is 0.978 bits per heavy atom. The number of carbonyl (C=O) groups excluding carboxylic acids is 3. The lowest BCUT2D eigenvalue weighted by atomic mass is 9.67. The molecule has 4 atom stereocenters. The van der Waals surface area contributed by atoms with Gasteiger partial charge in [0.05, 0.1) is 23.7 Å². The number of rotatable bonds is 9. The van der Waals surface area contributed by atoms with E-state index in [9.17, 15) is 24.0 Å². The molecule has 1 aliphatic heterocycles. The molecule has 7 N–H and O–H groups in total. The van der Waals surface area contributed by atoms with Gasteiger partial charge >= 0.3 is 0 Å². The molecule has 0 spiro atoms. The fourth-order valence-corrected chi connectivity index (χ4v) is 7.32. The first-order valence-corrected chi connectivity index (χ1v) is 15.4. The minimum absolute atomic E-state index is 0.0363. The van der Waals surface area contributed by atoms with E-state index >= 15 is 0 Å². The fraction of sp³-hybridized carbons (Fsp3) is 0.343. The lowest BCUT2D eigenvalue weighted by molar-refractivity contribution is -0.131. The molecule has 1 saturated carbocycles. The number of primary amides is 2. The summed E-state index contributed by atoms with van der Waals surface area (Å²) in [5.41, 5.74) is 21.7. The molecular weight excluding hydrogens is 585 g/mol. The number of nitrogens with two attached hydrogens (primary N) is 3. The third kappa shape index (κ3) is 5.61. The Balaban J connectivity index is 1.46. The van der Waals surface area contributed by atoms with Crippen LogP contribution in [0.15, 0.2) is 65.7 Å². The molecule has 3 aromatic carbocycles. The minimum Gasteiger partial charge on any atom is -0.386 e. The van der Waals surface area contributed by atoms with Gasteiger partial charge in [-0.1, -0.05) is 12.1 Å². The zero-order valence-electron chi connectivity index (χ0n) is 25.5. The highest BCUT2D eigenvalue weighted by molar-refractivity contribution is 6.00. The van der Waals surface area contributed by atoms with Gasteiger partial charge in [0.1, 0.15) is 17.7 Å². The molecule has 0 radical (unpaired) electrons. The number of aryl methyl sites for hydroxylation is 2. The van der Waals surface area contributed by atoms with E-state index < -0.39 is 29.1 Å². The average molecular weight is 622 g/mol. The van der Waals surface area contributed by atoms with E-state index in [1.165, 1.54) is 24.3 Å². The highest BCUT2D eigenvalue weighted by atomic mass is 19.1. The number of fused-ring (bicyclic) bond motifs is 3. The molecule has 11 heteroatoms. The van der Waals surface area contributed by atoms with E-state index in [2.05, 4.69) is 11.4 Å². The molecule has 0 bridgehead atoms. The number of piperidine rings is 1. The van der Waals surface area contributed by atoms with Crippen LogP contribution >= 0.6 is 0 Å². The number of amidine groups is 1. The summed E-state index contributed by atoms with van der Waals surface area (Å²) in [6.45, 7) is 1.99. The molecule has 2 fully saturated rings. The van der Waals surface area contributed by atoms with E-state index in [0.29, 0.717) is 42.0 Å². The maximum atomic E-state index is 13.8. The molecule has 2 aliphatic carbocycles. The summed E-state index contributed by atoms with van der Waals surface area (Å²) in [6.07, 6.45) is 3.02. The predicted molar refractivity (Wildman–Crippen MR) is 171 cm³/mol. The number of amides is 3. The van der Waals surface area contributed by atoms with Crippen molar-refractivity contribution >= 4 is 29.2 Å². The van der Waals surface area contributed by atoms with E-state index in [1.807, 2.05) is 19.1 Å². The largest absolute Gasteiger partial charge is 0.386 e. The van der Waals surface area contributed by atoms with Crippen LogP contribution in [0.4, 0.5) is 10.1 Å². The zero-order valence-corrected chi connectivity index (χ0v) is 25.5. The topological polar surface area (TPSA) is 181 Å². The van der Waals surface area contributed by atoms with Crippen LogP contribution in [0.25, 0.3) is 0 Å². The van der Waals surface area contributed by atoms with Gasteiger partial charge in [-0.2, -0.15) is 5.26 Å². The van der Waals surface area contributed by atoms with Gasteiger partial charge in [-0.15, -0.1) is 0 Å². The van der Waals surface area contributed by atoms with Crippen LogP contribution in [0.3, 0.4) is 0 Å². The van der Waals surface area contributed by atoms with Crippen molar-refractivity contribution in [3.05, 3.63) is 99.9 Å². The normalized spacial score (nSPS) is 21.6. The summed E-state index contributed by atoms with van der Waals surface area (Å²) >= 11 is 0. The van der Waals surface area contributed by atoms with Gasteiger partial charge < -0.3 is 27.4 Å². The second-order valence-electron chi connectivity index (χ2n) is 12.6. The number of carbonyl (C=O) groups is 3. The van der Waals surface area contributed by atoms with E-state index in [4.69, 9.17) is 22.2 Å². The number of halogens is 1. The molecule has 1 heterocycles. The minimum atomic E-state index is -1.11. The Morgan fingerprint density at radius 3 is 2.11 bits per heavy atom. The quantitative estimate of drug-likeness (QED) is 0.211. The van der Waals surface area contributed by atoms with Crippen molar-refractivity contribution in [2.24, 2.45) is 28.1 Å². The Morgan fingerprint density at radius 2 is 1.57 bits per heavy atom. The third-order valence-corrected chi connectivity index (χ3v) is 9.63. The van der Waals surface area contributed by atoms with Crippen molar-refractivity contribution in [3.63, 3.8) is 0 Å². The molecule has 0 aromatic heterocycles. The molecular formula is C35H36FN7O3. The highest BCUT2D eigenvalue weighted by Gasteiger charge is 2.54. The van der Waals surface area contributed by atoms with Crippen molar-refractivity contribution in [1.82, 2.24) is 10.2 Å². The summed E-state index contributed by atoms with van der Waals surface area (Å²) in [7, 11) is 0. The summed E-state index contributed by atoms with van der Waals surface area (Å²) in [5.74, 6) is -1.04. The molecule has 1 saturated heterocycles. The summed E-state index contributed by atoms with van der Waals surface area (Å²) < 4.78 is 13.8. The molecule has 6 rings (SSSR count). The van der Waals surface area contributed by atoms with Crippen molar-refractivity contribution < 1.29 is 18.8 Å². The van der Waals surface area contributed by atoms with Gasteiger partial charge in [0.15, 0.2) is 0 Å². The van der Waals surface area contributed by atoms with Gasteiger partial charge in [-0.3, -0.25) is 14.4 Å². The fourth-order valence-electron chi connectivity index (χ4n) is 7.32. The highest BCUT2D eigenvalue weighted by Crippen LogP contribution is 2.48. The lowest BCUT2D eigenvalue weighted by Gasteiger charge is -2.38. The van der Waals surface area contributed by atoms with Crippen LogP contribution in [-0.4, -0.2) is 53.1 Å².